The number of carbonyl (C=O) groups is 1. The Balaban J connectivity index is 1.18. The van der Waals surface area contributed by atoms with Gasteiger partial charge in [0, 0.05) is 18.0 Å². The van der Waals surface area contributed by atoms with Crippen LogP contribution in [0.25, 0.3) is 16.9 Å². The predicted molar refractivity (Wildman–Crippen MR) is 148 cm³/mol. The van der Waals surface area contributed by atoms with Gasteiger partial charge in [-0.05, 0) is 45.0 Å². The number of rotatable bonds is 8. The highest BCUT2D eigenvalue weighted by atomic mass is 32.1. The molecule has 0 unspecified atom stereocenters. The number of piperidine rings is 1. The van der Waals surface area contributed by atoms with E-state index < -0.39 is 17.5 Å². The Morgan fingerprint density at radius 1 is 1.07 bits per heavy atom. The fourth-order valence-corrected chi connectivity index (χ4v) is 5.65. The topological polar surface area (TPSA) is 105 Å². The van der Waals surface area contributed by atoms with E-state index in [-0.39, 0.29) is 12.2 Å². The van der Waals surface area contributed by atoms with Gasteiger partial charge in [0.2, 0.25) is 5.91 Å². The van der Waals surface area contributed by atoms with Gasteiger partial charge in [-0.2, -0.15) is 5.10 Å². The van der Waals surface area contributed by atoms with Gasteiger partial charge in [0.25, 0.3) is 0 Å². The molecule has 206 valence electrons. The van der Waals surface area contributed by atoms with Gasteiger partial charge in [0.1, 0.15) is 16.6 Å². The number of thiazole rings is 1. The van der Waals surface area contributed by atoms with Gasteiger partial charge in [-0.25, -0.2) is 23.7 Å². The summed E-state index contributed by atoms with van der Waals surface area (Å²) in [6.45, 7) is 4.82. The number of imidazole rings is 1. The molecule has 0 radical (unpaired) electrons. The van der Waals surface area contributed by atoms with Crippen molar-refractivity contribution < 1.29 is 13.6 Å². The van der Waals surface area contributed by atoms with Crippen LogP contribution in [0.5, 0.6) is 0 Å². The third kappa shape index (κ3) is 5.56. The van der Waals surface area contributed by atoms with Crippen molar-refractivity contribution in [3.63, 3.8) is 0 Å². The zero-order valence-corrected chi connectivity index (χ0v) is 22.6. The van der Waals surface area contributed by atoms with E-state index in [0.29, 0.717) is 11.5 Å². The van der Waals surface area contributed by atoms with E-state index >= 15 is 0 Å². The minimum absolute atomic E-state index is 0.175. The molecule has 0 atom stereocenters. The lowest BCUT2D eigenvalue weighted by Crippen LogP contribution is -2.28. The Kier molecular flexibility index (Phi) is 7.22. The summed E-state index contributed by atoms with van der Waals surface area (Å²) < 4.78 is 30.7. The van der Waals surface area contributed by atoms with E-state index in [9.17, 15) is 13.6 Å². The molecule has 0 spiro atoms. The lowest BCUT2D eigenvalue weighted by molar-refractivity contribution is -0.116. The van der Waals surface area contributed by atoms with Crippen molar-refractivity contribution in [1.82, 2.24) is 34.0 Å². The van der Waals surface area contributed by atoms with Gasteiger partial charge in [-0.3, -0.25) is 18.8 Å². The quantitative estimate of drug-likeness (QED) is 0.274. The van der Waals surface area contributed by atoms with Crippen molar-refractivity contribution in [1.29, 1.82) is 0 Å². The third-order valence-electron chi connectivity index (χ3n) is 6.68. The normalized spacial score (nSPS) is 14.1. The average molecular weight is 564 g/mol. The highest BCUT2D eigenvalue weighted by Gasteiger charge is 2.17. The average Bonchev–Trinajstić information content (AvgIpc) is 3.68. The van der Waals surface area contributed by atoms with E-state index in [4.69, 9.17) is 0 Å². The van der Waals surface area contributed by atoms with Gasteiger partial charge in [0.05, 0.1) is 42.2 Å². The summed E-state index contributed by atoms with van der Waals surface area (Å²) in [5.41, 5.74) is 2.70. The first-order chi connectivity index (χ1) is 19.4. The van der Waals surface area contributed by atoms with E-state index in [0.717, 1.165) is 52.7 Å². The number of nitrogens with one attached hydrogen (secondary N) is 2. The minimum Gasteiger partial charge on any atom is -0.327 e. The van der Waals surface area contributed by atoms with Crippen LogP contribution >= 0.6 is 11.3 Å². The summed E-state index contributed by atoms with van der Waals surface area (Å²) in [4.78, 5) is 28.7. The molecule has 2 N–H and O–H groups in total. The number of hydrogen-bond donors (Lipinski definition) is 2. The Morgan fingerprint density at radius 3 is 2.77 bits per heavy atom. The summed E-state index contributed by atoms with van der Waals surface area (Å²) in [6, 6.07) is 3.62. The maximum Gasteiger partial charge on any atom is 0.246 e. The van der Waals surface area contributed by atoms with Crippen LogP contribution in [0, 0.1) is 18.6 Å². The molecule has 0 bridgehead atoms. The zero-order valence-electron chi connectivity index (χ0n) is 21.8. The van der Waals surface area contributed by atoms with Crippen molar-refractivity contribution in [2.75, 3.05) is 23.7 Å². The molecule has 13 heteroatoms. The molecule has 1 fully saturated rings. The lowest BCUT2D eigenvalue weighted by atomic mass is 10.1. The fourth-order valence-electron chi connectivity index (χ4n) is 4.79. The second-order valence-electron chi connectivity index (χ2n) is 9.72. The monoisotopic (exact) mass is 563 g/mol. The van der Waals surface area contributed by atoms with Gasteiger partial charge in [-0.15, -0.1) is 0 Å². The highest BCUT2D eigenvalue weighted by Crippen LogP contribution is 2.29. The maximum atomic E-state index is 13.9. The highest BCUT2D eigenvalue weighted by molar-refractivity contribution is 7.15. The molecule has 1 aromatic carbocycles. The molecule has 4 aromatic heterocycles. The van der Waals surface area contributed by atoms with Crippen molar-refractivity contribution in [3.8, 4) is 11.3 Å². The number of amides is 1. The summed E-state index contributed by atoms with van der Waals surface area (Å²) >= 11 is 1.61. The van der Waals surface area contributed by atoms with Crippen molar-refractivity contribution >= 4 is 39.4 Å². The second-order valence-corrected chi connectivity index (χ2v) is 10.8. The number of anilines is 3. The zero-order chi connectivity index (χ0) is 27.6. The first kappa shape index (κ1) is 26.0. The molecular formula is C27H27F2N9OS. The van der Waals surface area contributed by atoms with Gasteiger partial charge >= 0.3 is 0 Å². The summed E-state index contributed by atoms with van der Waals surface area (Å²) in [5, 5.41) is 12.0. The molecule has 1 amide bonds. The van der Waals surface area contributed by atoms with Gasteiger partial charge in [0.15, 0.2) is 23.1 Å². The minimum atomic E-state index is -1.10. The van der Waals surface area contributed by atoms with E-state index in [2.05, 4.69) is 35.6 Å². The van der Waals surface area contributed by atoms with Gasteiger partial charge < -0.3 is 10.6 Å². The summed E-state index contributed by atoms with van der Waals surface area (Å²) in [5.74, 6) is -2.05. The maximum absolute atomic E-state index is 13.9. The molecular weight excluding hydrogens is 536 g/mol. The fraction of sp³-hybridized carbons (Fsp3) is 0.296. The SMILES string of the molecule is Cc1cn2c(-c3cnn(CC(=O)Nc4cccc(F)c4F)c3)cnc2c(Nc2cnc(CN3CCCCC3)s2)n1. The molecule has 1 aliphatic rings. The predicted octanol–water partition coefficient (Wildman–Crippen LogP) is 5.00. The van der Waals surface area contributed by atoms with Crippen LogP contribution in [0.15, 0.2) is 49.2 Å². The smallest absolute Gasteiger partial charge is 0.246 e. The molecule has 1 aliphatic heterocycles. The third-order valence-corrected chi connectivity index (χ3v) is 7.57. The van der Waals surface area contributed by atoms with E-state index in [1.54, 1.807) is 29.9 Å². The number of carbonyl (C=O) groups excluding carboxylic acids is 1. The van der Waals surface area contributed by atoms with Crippen molar-refractivity contribution in [3.05, 3.63) is 71.5 Å². The molecule has 0 aliphatic carbocycles. The first-order valence-corrected chi connectivity index (χ1v) is 13.8. The van der Waals surface area contributed by atoms with Crippen LogP contribution in [0.4, 0.5) is 25.3 Å². The number of fused-ring (bicyclic) bond motifs is 1. The summed E-state index contributed by atoms with van der Waals surface area (Å²) in [7, 11) is 0. The molecule has 1 saturated heterocycles. The molecule has 0 saturated carbocycles. The van der Waals surface area contributed by atoms with E-state index in [1.165, 1.54) is 36.1 Å². The number of nitrogens with zero attached hydrogens (tertiary/aromatic N) is 7. The first-order valence-electron chi connectivity index (χ1n) is 13.0. The summed E-state index contributed by atoms with van der Waals surface area (Å²) in [6.07, 6.45) is 12.5. The van der Waals surface area contributed by atoms with Crippen LogP contribution in [-0.4, -0.2) is 53.0 Å². The van der Waals surface area contributed by atoms with Crippen LogP contribution in [0.3, 0.4) is 0 Å². The van der Waals surface area contributed by atoms with Crippen molar-refractivity contribution in [2.24, 2.45) is 0 Å². The second kappa shape index (κ2) is 11.1. The standard InChI is InChI=1S/C27H27F2N9OS/c1-17-13-38-21(18-10-32-37(14-18)15-22(39)34-20-7-5-6-19(28)25(20)29)11-31-27(38)26(33-17)35-23-12-30-24(40-23)16-36-8-3-2-4-9-36/h5-7,10-14H,2-4,8-9,15-16H2,1H3,(H,33,35)(H,34,39). The largest absolute Gasteiger partial charge is 0.327 e. The Morgan fingerprint density at radius 2 is 1.93 bits per heavy atom. The number of benzene rings is 1. The molecule has 10 nitrogen and oxygen atoms in total. The number of likely N-dealkylation sites (tertiary alicyclic amines) is 1. The van der Waals surface area contributed by atoms with Crippen LogP contribution < -0.4 is 10.6 Å². The number of halogens is 2. The van der Waals surface area contributed by atoms with Crippen LogP contribution in [0.1, 0.15) is 30.0 Å². The lowest BCUT2D eigenvalue weighted by Gasteiger charge is -2.25. The Hall–Kier alpha value is -4.23. The number of aromatic nitrogens is 6. The Labute approximate surface area is 232 Å². The Bertz CT molecular complexity index is 1670. The van der Waals surface area contributed by atoms with Crippen LogP contribution in [0.2, 0.25) is 0 Å². The molecule has 5 heterocycles. The number of hydrogen-bond acceptors (Lipinski definition) is 8. The van der Waals surface area contributed by atoms with Crippen molar-refractivity contribution in [2.45, 2.75) is 39.3 Å². The molecule has 6 rings (SSSR count). The molecule has 5 aromatic rings. The molecule has 40 heavy (non-hydrogen) atoms. The number of aryl methyl sites for hydroxylation is 1. The van der Waals surface area contributed by atoms with Gasteiger partial charge in [-0.1, -0.05) is 23.8 Å². The van der Waals surface area contributed by atoms with E-state index in [1.807, 2.05) is 23.7 Å². The van der Waals surface area contributed by atoms with Crippen LogP contribution in [-0.2, 0) is 17.9 Å².